The molecule has 9 heavy (non-hydrogen) atoms. The van der Waals surface area contributed by atoms with Crippen LogP contribution in [0.25, 0.3) is 0 Å². The van der Waals surface area contributed by atoms with Gasteiger partial charge in [0.2, 0.25) is 0 Å². The monoisotopic (exact) mass is 126 g/mol. The number of nitrogens with zero attached hydrogens (tertiary/aromatic N) is 1. The first-order valence-electron chi connectivity index (χ1n) is 2.62. The molecule has 0 aliphatic rings. The maximum absolute atomic E-state index is 12.5. The molecule has 0 amide bonds. The highest BCUT2D eigenvalue weighted by Gasteiger charge is 1.94. The molecule has 3 heteroatoms. The van der Waals surface area contributed by atoms with Crippen LogP contribution in [-0.2, 0) is 0 Å². The summed E-state index contributed by atoms with van der Waals surface area (Å²) in [5, 5.41) is 2.66. The Bertz CT molecular complexity index is 200. The largest absolute Gasteiger partial charge is 0.385 e. The summed E-state index contributed by atoms with van der Waals surface area (Å²) in [4.78, 5) is 3.71. The van der Waals surface area contributed by atoms with Crippen LogP contribution in [0.5, 0.6) is 0 Å². The smallest absolute Gasteiger partial charge is 0.149 e. The van der Waals surface area contributed by atoms with Crippen molar-refractivity contribution in [2.75, 3.05) is 12.4 Å². The van der Waals surface area contributed by atoms with Gasteiger partial charge in [-0.2, -0.15) is 0 Å². The third kappa shape index (κ3) is 1.16. The van der Waals surface area contributed by atoms with E-state index in [1.54, 1.807) is 7.05 Å². The maximum atomic E-state index is 12.5. The van der Waals surface area contributed by atoms with Gasteiger partial charge in [0, 0.05) is 13.2 Å². The predicted octanol–water partition coefficient (Wildman–Crippen LogP) is 1.26. The van der Waals surface area contributed by atoms with Crippen molar-refractivity contribution in [2.45, 2.75) is 0 Å². The van der Waals surface area contributed by atoms with Crippen molar-refractivity contribution in [3.05, 3.63) is 24.3 Å². The molecule has 1 aromatic heterocycles. The summed E-state index contributed by atoms with van der Waals surface area (Å²) in [6, 6.07) is 1.31. The van der Waals surface area contributed by atoms with Crippen LogP contribution in [0.15, 0.2) is 18.5 Å². The van der Waals surface area contributed by atoms with Crippen molar-refractivity contribution in [1.82, 2.24) is 4.98 Å². The Morgan fingerprint density at radius 3 is 2.89 bits per heavy atom. The van der Waals surface area contributed by atoms with Gasteiger partial charge in [-0.05, 0) is 6.07 Å². The van der Waals surface area contributed by atoms with E-state index >= 15 is 0 Å². The Kier molecular flexibility index (Phi) is 1.63. The molecule has 0 spiro atoms. The van der Waals surface area contributed by atoms with E-state index in [1.807, 2.05) is 0 Å². The third-order valence-electron chi connectivity index (χ3n) is 1.04. The Labute approximate surface area is 52.7 Å². The molecule has 0 aliphatic carbocycles. The number of halogens is 1. The van der Waals surface area contributed by atoms with Crippen molar-refractivity contribution >= 4 is 5.69 Å². The van der Waals surface area contributed by atoms with Crippen LogP contribution in [-0.4, -0.2) is 12.0 Å². The molecule has 0 unspecified atom stereocenters. The van der Waals surface area contributed by atoms with Crippen LogP contribution < -0.4 is 5.32 Å². The Morgan fingerprint density at radius 2 is 2.44 bits per heavy atom. The molecule has 0 bridgehead atoms. The maximum Gasteiger partial charge on any atom is 0.149 e. The fourth-order valence-electron chi connectivity index (χ4n) is 0.561. The second-order valence-electron chi connectivity index (χ2n) is 1.61. The second-order valence-corrected chi connectivity index (χ2v) is 1.61. The second kappa shape index (κ2) is 2.44. The van der Waals surface area contributed by atoms with Crippen LogP contribution in [0.4, 0.5) is 10.1 Å². The highest BCUT2D eigenvalue weighted by atomic mass is 19.1. The number of hydrogen-bond acceptors (Lipinski definition) is 2. The summed E-state index contributed by atoms with van der Waals surface area (Å²) in [7, 11) is 1.65. The van der Waals surface area contributed by atoms with Crippen molar-refractivity contribution in [1.29, 1.82) is 0 Å². The topological polar surface area (TPSA) is 24.9 Å². The van der Waals surface area contributed by atoms with Crippen LogP contribution >= 0.6 is 0 Å². The zero-order chi connectivity index (χ0) is 6.69. The molecule has 2 nitrogen and oxygen atoms in total. The fourth-order valence-corrected chi connectivity index (χ4v) is 0.561. The van der Waals surface area contributed by atoms with Crippen LogP contribution in [0, 0.1) is 5.82 Å². The molecule has 1 heterocycles. The van der Waals surface area contributed by atoms with Crippen molar-refractivity contribution in [2.24, 2.45) is 0 Å². The summed E-state index contributed by atoms with van der Waals surface area (Å²) in [6.07, 6.45) is 2.85. The average Bonchev–Trinajstić information content (AvgIpc) is 1.89. The summed E-state index contributed by atoms with van der Waals surface area (Å²) in [5.41, 5.74) is 0.428. The minimum absolute atomic E-state index is 0.271. The molecule has 1 N–H and O–H groups in total. The van der Waals surface area contributed by atoms with E-state index in [-0.39, 0.29) is 5.82 Å². The van der Waals surface area contributed by atoms with E-state index in [0.717, 1.165) is 0 Å². The molecule has 48 valence electrons. The van der Waals surface area contributed by atoms with Gasteiger partial charge in [-0.1, -0.05) is 0 Å². The zero-order valence-electron chi connectivity index (χ0n) is 5.06. The molecule has 0 saturated carbocycles. The van der Waals surface area contributed by atoms with Gasteiger partial charge in [-0.15, -0.1) is 0 Å². The first-order chi connectivity index (χ1) is 4.34. The molecule has 0 fully saturated rings. The number of rotatable bonds is 1. The van der Waals surface area contributed by atoms with Crippen LogP contribution in [0.1, 0.15) is 0 Å². The molecule has 1 aromatic rings. The summed E-state index contributed by atoms with van der Waals surface area (Å²) >= 11 is 0. The summed E-state index contributed by atoms with van der Waals surface area (Å²) in [5.74, 6) is -0.271. The minimum atomic E-state index is -0.271. The zero-order valence-corrected chi connectivity index (χ0v) is 5.06. The minimum Gasteiger partial charge on any atom is -0.385 e. The first-order valence-corrected chi connectivity index (χ1v) is 2.62. The van der Waals surface area contributed by atoms with Gasteiger partial charge in [0.15, 0.2) is 0 Å². The van der Waals surface area contributed by atoms with Crippen LogP contribution in [0.3, 0.4) is 0 Å². The van der Waals surface area contributed by atoms with Gasteiger partial charge in [-0.3, -0.25) is 4.98 Å². The van der Waals surface area contributed by atoms with E-state index in [1.165, 1.54) is 18.5 Å². The number of nitrogens with one attached hydrogen (secondary N) is 1. The average molecular weight is 126 g/mol. The van der Waals surface area contributed by atoms with E-state index < -0.39 is 0 Å². The molecule has 1 rings (SSSR count). The molecular formula is C6H7FN2. The van der Waals surface area contributed by atoms with E-state index in [4.69, 9.17) is 0 Å². The number of aromatic nitrogens is 1. The van der Waals surface area contributed by atoms with E-state index in [2.05, 4.69) is 10.3 Å². The predicted molar refractivity (Wildman–Crippen MR) is 33.7 cm³/mol. The van der Waals surface area contributed by atoms with Gasteiger partial charge in [-0.25, -0.2) is 4.39 Å². The lowest BCUT2D eigenvalue weighted by Crippen LogP contribution is -1.91. The van der Waals surface area contributed by atoms with Gasteiger partial charge in [0.25, 0.3) is 0 Å². The Hall–Kier alpha value is -1.12. The molecule has 0 aliphatic heterocycles. The molecular weight excluding hydrogens is 119 g/mol. The lowest BCUT2D eigenvalue weighted by Gasteiger charge is -1.97. The molecule has 0 aromatic carbocycles. The first kappa shape index (κ1) is 6.01. The van der Waals surface area contributed by atoms with E-state index in [9.17, 15) is 4.39 Å². The number of pyridine rings is 1. The number of anilines is 1. The SMILES string of the molecule is CNc1cnccc1F. The van der Waals surface area contributed by atoms with Gasteiger partial charge < -0.3 is 5.32 Å². The molecule has 0 atom stereocenters. The van der Waals surface area contributed by atoms with Gasteiger partial charge in [0.1, 0.15) is 5.82 Å². The van der Waals surface area contributed by atoms with Crippen molar-refractivity contribution in [3.63, 3.8) is 0 Å². The lowest BCUT2D eigenvalue weighted by molar-refractivity contribution is 0.629. The third-order valence-corrected chi connectivity index (χ3v) is 1.04. The van der Waals surface area contributed by atoms with E-state index in [0.29, 0.717) is 5.69 Å². The number of hydrogen-bond donors (Lipinski definition) is 1. The summed E-state index contributed by atoms with van der Waals surface area (Å²) < 4.78 is 12.5. The quantitative estimate of drug-likeness (QED) is 0.612. The standard InChI is InChI=1S/C6H7FN2/c1-8-6-4-9-3-2-5(6)7/h2-4,8H,1H3. The molecule has 0 radical (unpaired) electrons. The van der Waals surface area contributed by atoms with Crippen LogP contribution in [0.2, 0.25) is 0 Å². The fraction of sp³-hybridized carbons (Fsp3) is 0.167. The Balaban J connectivity index is 3.01. The van der Waals surface area contributed by atoms with Crippen molar-refractivity contribution in [3.8, 4) is 0 Å². The Morgan fingerprint density at radius 1 is 1.67 bits per heavy atom. The highest BCUT2D eigenvalue weighted by molar-refractivity contribution is 5.40. The van der Waals surface area contributed by atoms with Gasteiger partial charge in [0.05, 0.1) is 11.9 Å². The highest BCUT2D eigenvalue weighted by Crippen LogP contribution is 2.07. The lowest BCUT2D eigenvalue weighted by atomic mass is 10.4. The molecule has 0 saturated heterocycles. The van der Waals surface area contributed by atoms with Crippen molar-refractivity contribution < 1.29 is 4.39 Å². The summed E-state index contributed by atoms with van der Waals surface area (Å²) in [6.45, 7) is 0. The normalized spacial score (nSPS) is 9.11. The van der Waals surface area contributed by atoms with Gasteiger partial charge >= 0.3 is 0 Å².